The highest BCUT2D eigenvalue weighted by molar-refractivity contribution is 6.25. The number of fused-ring (bicyclic) bond motifs is 5. The molecule has 9 rings (SSSR count). The third-order valence-electron chi connectivity index (χ3n) is 8.74. The summed E-state index contributed by atoms with van der Waals surface area (Å²) in [6.07, 6.45) is 0. The summed E-state index contributed by atoms with van der Waals surface area (Å²) in [5, 5.41) is 5.81. The molecule has 9 aromatic rings. The van der Waals surface area contributed by atoms with Crippen LogP contribution in [-0.2, 0) is 0 Å². The number of furan rings is 1. The summed E-state index contributed by atoms with van der Waals surface area (Å²) in [6.45, 7) is 0. The van der Waals surface area contributed by atoms with E-state index >= 15 is 0 Å². The lowest BCUT2D eigenvalue weighted by Gasteiger charge is -2.20. The van der Waals surface area contributed by atoms with E-state index in [4.69, 9.17) is 7.16 Å². The Hall–Kier alpha value is -5.92. The predicted octanol–water partition coefficient (Wildman–Crippen LogP) is 12.6. The van der Waals surface area contributed by atoms with Crippen molar-refractivity contribution < 1.29 is 9.90 Å². The molecule has 0 atom stereocenters. The van der Waals surface area contributed by atoms with Crippen molar-refractivity contribution >= 4 is 43.5 Å². The molecular weight excluding hydrogens is 544 g/mol. The summed E-state index contributed by atoms with van der Waals surface area (Å²) in [7, 11) is 0. The molecule has 0 fully saturated rings. The van der Waals surface area contributed by atoms with Gasteiger partial charge in [0.25, 0.3) is 0 Å². The van der Waals surface area contributed by atoms with Crippen molar-refractivity contribution in [2.75, 3.05) is 0 Å². The van der Waals surface area contributed by atoms with Gasteiger partial charge >= 0.3 is 0 Å². The van der Waals surface area contributed by atoms with Crippen LogP contribution in [0.2, 0.25) is 0 Å². The van der Waals surface area contributed by atoms with Crippen molar-refractivity contribution in [1.29, 1.82) is 0 Å². The first-order valence-corrected chi connectivity index (χ1v) is 15.1. The van der Waals surface area contributed by atoms with Gasteiger partial charge in [-0.05, 0) is 84.7 Å². The molecule has 0 bridgehead atoms. The maximum Gasteiger partial charge on any atom is 0.136 e. The Morgan fingerprint density at radius 3 is 1.58 bits per heavy atom. The van der Waals surface area contributed by atoms with Crippen molar-refractivity contribution in [3.05, 3.63) is 170 Å². The standard InChI is InChI=1S/C44H28O/c1-3-14-29(15-4-1)31-18-13-19-32(28-31)41-33-20-7-9-22-35(33)43(36-23-10-8-21-34(36)41)38-26-27-40-44(37-24-11-12-25-39(37)45-40)42(38)30-16-5-2-6-17-30/h1-28H/i13D,18D,19D,28D. The van der Waals surface area contributed by atoms with Gasteiger partial charge in [-0.15, -0.1) is 0 Å². The second-order valence-electron chi connectivity index (χ2n) is 11.3. The third kappa shape index (κ3) is 4.09. The molecular formula is C44H28O. The fourth-order valence-electron chi connectivity index (χ4n) is 6.84. The Balaban J connectivity index is 1.46. The molecule has 45 heavy (non-hydrogen) atoms. The van der Waals surface area contributed by atoms with Gasteiger partial charge in [-0.3, -0.25) is 0 Å². The summed E-state index contributed by atoms with van der Waals surface area (Å²) in [6, 6.07) is 48.2. The van der Waals surface area contributed by atoms with Crippen LogP contribution in [0.5, 0.6) is 0 Å². The molecule has 0 aliphatic heterocycles. The highest BCUT2D eigenvalue weighted by Gasteiger charge is 2.22. The van der Waals surface area contributed by atoms with Crippen LogP contribution in [0.25, 0.3) is 88.0 Å². The second-order valence-corrected chi connectivity index (χ2v) is 11.3. The Bertz CT molecular complexity index is 2690. The SMILES string of the molecule is [2H]c1c([2H])c(-c2ccccc2)c([2H])c(-c2c3ccccc3c(-c3ccc4oc5ccccc5c4c3-c3ccccc3)c3ccccc23)c1[2H]. The number of hydrogen-bond acceptors (Lipinski definition) is 1. The maximum atomic E-state index is 9.53. The van der Waals surface area contributed by atoms with E-state index in [9.17, 15) is 2.74 Å². The second kappa shape index (κ2) is 10.4. The smallest absolute Gasteiger partial charge is 0.136 e. The molecule has 0 radical (unpaired) electrons. The fourth-order valence-corrected chi connectivity index (χ4v) is 6.84. The van der Waals surface area contributed by atoms with Crippen molar-refractivity contribution in [3.63, 3.8) is 0 Å². The zero-order valence-corrected chi connectivity index (χ0v) is 24.3. The van der Waals surface area contributed by atoms with E-state index in [-0.39, 0.29) is 24.2 Å². The molecule has 0 saturated carbocycles. The largest absolute Gasteiger partial charge is 0.456 e. The topological polar surface area (TPSA) is 13.1 Å². The molecule has 1 heteroatoms. The van der Waals surface area contributed by atoms with E-state index in [1.165, 1.54) is 0 Å². The molecule has 1 aromatic heterocycles. The van der Waals surface area contributed by atoms with Gasteiger partial charge in [0, 0.05) is 16.3 Å². The van der Waals surface area contributed by atoms with Gasteiger partial charge in [0.2, 0.25) is 0 Å². The molecule has 0 aliphatic carbocycles. The average Bonchev–Trinajstić information content (AvgIpc) is 3.53. The molecule has 0 saturated heterocycles. The molecule has 0 amide bonds. The van der Waals surface area contributed by atoms with Crippen molar-refractivity contribution in [3.8, 4) is 44.5 Å². The van der Waals surface area contributed by atoms with Crippen LogP contribution in [-0.4, -0.2) is 0 Å². The van der Waals surface area contributed by atoms with E-state index in [2.05, 4.69) is 54.6 Å². The van der Waals surface area contributed by atoms with Gasteiger partial charge < -0.3 is 4.42 Å². The Morgan fingerprint density at radius 1 is 0.378 bits per heavy atom. The first-order chi connectivity index (χ1) is 24.0. The lowest BCUT2D eigenvalue weighted by Crippen LogP contribution is -1.93. The summed E-state index contributed by atoms with van der Waals surface area (Å²) < 4.78 is 42.8. The predicted molar refractivity (Wildman–Crippen MR) is 190 cm³/mol. The van der Waals surface area contributed by atoms with E-state index < -0.39 is 0 Å². The van der Waals surface area contributed by atoms with Crippen LogP contribution in [0, 0.1) is 0 Å². The van der Waals surface area contributed by atoms with E-state index in [0.717, 1.165) is 71.3 Å². The summed E-state index contributed by atoms with van der Waals surface area (Å²) in [5.41, 5.74) is 8.03. The zero-order valence-electron chi connectivity index (χ0n) is 28.3. The van der Waals surface area contributed by atoms with Gasteiger partial charge in [0.05, 0.1) is 5.48 Å². The molecule has 1 nitrogen and oxygen atoms in total. The van der Waals surface area contributed by atoms with E-state index in [1.807, 2.05) is 91.0 Å². The minimum absolute atomic E-state index is 0.0801. The zero-order chi connectivity index (χ0) is 33.2. The Labute approximate surface area is 267 Å². The number of benzene rings is 8. The van der Waals surface area contributed by atoms with Crippen molar-refractivity contribution in [2.45, 2.75) is 0 Å². The van der Waals surface area contributed by atoms with Gasteiger partial charge in [-0.25, -0.2) is 0 Å². The van der Waals surface area contributed by atoms with Crippen molar-refractivity contribution in [1.82, 2.24) is 0 Å². The number of para-hydroxylation sites is 1. The van der Waals surface area contributed by atoms with Crippen LogP contribution < -0.4 is 0 Å². The average molecular weight is 577 g/mol. The van der Waals surface area contributed by atoms with Gasteiger partial charge in [0.15, 0.2) is 0 Å². The molecule has 0 aliphatic rings. The van der Waals surface area contributed by atoms with Crippen molar-refractivity contribution in [2.24, 2.45) is 0 Å². The Kier molecular flexibility index (Phi) is 5.00. The van der Waals surface area contributed by atoms with Crippen LogP contribution in [0.4, 0.5) is 0 Å². The quantitative estimate of drug-likeness (QED) is 0.190. The summed E-state index contributed by atoms with van der Waals surface area (Å²) in [4.78, 5) is 0. The number of rotatable bonds is 4. The molecule has 8 aromatic carbocycles. The van der Waals surface area contributed by atoms with Crippen LogP contribution in [0.3, 0.4) is 0 Å². The fraction of sp³-hybridized carbons (Fsp3) is 0. The van der Waals surface area contributed by atoms with Crippen LogP contribution in [0.1, 0.15) is 5.48 Å². The van der Waals surface area contributed by atoms with E-state index in [0.29, 0.717) is 16.7 Å². The monoisotopic (exact) mass is 576 g/mol. The lowest BCUT2D eigenvalue weighted by atomic mass is 9.82. The third-order valence-corrected chi connectivity index (χ3v) is 8.74. The van der Waals surface area contributed by atoms with E-state index in [1.54, 1.807) is 0 Å². The van der Waals surface area contributed by atoms with Gasteiger partial charge in [-0.1, -0.05) is 146 Å². The lowest BCUT2D eigenvalue weighted by molar-refractivity contribution is 0.669. The summed E-state index contributed by atoms with van der Waals surface area (Å²) in [5.74, 6) is 0. The highest BCUT2D eigenvalue weighted by Crippen LogP contribution is 2.49. The Morgan fingerprint density at radius 2 is 0.911 bits per heavy atom. The van der Waals surface area contributed by atoms with Gasteiger partial charge in [0.1, 0.15) is 11.2 Å². The molecule has 1 heterocycles. The van der Waals surface area contributed by atoms with Gasteiger partial charge in [-0.2, -0.15) is 0 Å². The molecule has 0 unspecified atom stereocenters. The summed E-state index contributed by atoms with van der Waals surface area (Å²) >= 11 is 0. The maximum absolute atomic E-state index is 9.53. The molecule has 210 valence electrons. The van der Waals surface area contributed by atoms with Crippen LogP contribution >= 0.6 is 0 Å². The normalized spacial score (nSPS) is 12.8. The highest BCUT2D eigenvalue weighted by atomic mass is 16.3. The first-order valence-electron chi connectivity index (χ1n) is 17.1. The number of hydrogen-bond donors (Lipinski definition) is 0. The molecule has 0 spiro atoms. The minimum Gasteiger partial charge on any atom is -0.456 e. The minimum atomic E-state index is -0.189. The first kappa shape index (κ1) is 21.7. The molecule has 0 N–H and O–H groups in total. The van der Waals surface area contributed by atoms with Crippen LogP contribution in [0.15, 0.2) is 174 Å².